The fourth-order valence-electron chi connectivity index (χ4n) is 2.07. The van der Waals surface area contributed by atoms with E-state index in [0.29, 0.717) is 29.1 Å². The van der Waals surface area contributed by atoms with Gasteiger partial charge in [-0.15, -0.1) is 11.3 Å². The van der Waals surface area contributed by atoms with Crippen molar-refractivity contribution in [1.82, 2.24) is 4.98 Å². The number of carbonyl (C=O) groups is 1. The van der Waals surface area contributed by atoms with Crippen LogP contribution in [0.15, 0.2) is 24.4 Å². The Bertz CT molecular complexity index is 685. The molecule has 0 unspecified atom stereocenters. The third kappa shape index (κ3) is 3.92. The van der Waals surface area contributed by atoms with E-state index in [0.717, 1.165) is 10.4 Å². The molecule has 1 aromatic heterocycles. The van der Waals surface area contributed by atoms with Crippen LogP contribution in [0.25, 0.3) is 0 Å². The Kier molecular flexibility index (Phi) is 5.44. The second-order valence-electron chi connectivity index (χ2n) is 5.31. The Balaban J connectivity index is 2.27. The lowest BCUT2D eigenvalue weighted by atomic mass is 10.2. The summed E-state index contributed by atoms with van der Waals surface area (Å²) in [6.07, 6.45) is 1.79. The molecule has 1 heterocycles. The number of aromatic nitrogens is 1. The van der Waals surface area contributed by atoms with Gasteiger partial charge in [-0.05, 0) is 23.6 Å². The highest BCUT2D eigenvalue weighted by Gasteiger charge is 2.18. The molecule has 2 aromatic rings. The number of benzene rings is 1. The van der Waals surface area contributed by atoms with Crippen molar-refractivity contribution in [3.8, 4) is 11.5 Å². The summed E-state index contributed by atoms with van der Waals surface area (Å²) < 4.78 is 10.5. The number of thiazole rings is 1. The van der Waals surface area contributed by atoms with Gasteiger partial charge in [-0.2, -0.15) is 0 Å². The van der Waals surface area contributed by atoms with Crippen molar-refractivity contribution in [2.75, 3.05) is 19.1 Å². The highest BCUT2D eigenvalue weighted by atomic mass is 32.1. The maximum atomic E-state index is 11.8. The van der Waals surface area contributed by atoms with Gasteiger partial charge in [0.15, 0.2) is 16.6 Å². The third-order valence-electron chi connectivity index (χ3n) is 3.37. The molecule has 6 nitrogen and oxygen atoms in total. The minimum absolute atomic E-state index is 0.320. The van der Waals surface area contributed by atoms with Crippen LogP contribution in [0.2, 0.25) is 0 Å². The van der Waals surface area contributed by atoms with Crippen molar-refractivity contribution in [2.24, 2.45) is 5.73 Å². The standard InChI is InChI=1S/C16H21N3O3S/c1-10(2)14-8-18-16(23-14)19(15(17)20)9-11-5-6-12(21-3)13(7-11)22-4/h5-8,10H,9H2,1-4H3,(H2,17,20). The van der Waals surface area contributed by atoms with Gasteiger partial charge in [0.25, 0.3) is 0 Å². The van der Waals surface area contributed by atoms with E-state index in [4.69, 9.17) is 15.2 Å². The number of urea groups is 1. The van der Waals surface area contributed by atoms with Crippen molar-refractivity contribution in [1.29, 1.82) is 0 Å². The normalized spacial score (nSPS) is 10.7. The van der Waals surface area contributed by atoms with E-state index >= 15 is 0 Å². The van der Waals surface area contributed by atoms with E-state index in [1.165, 1.54) is 16.2 Å². The molecule has 0 fully saturated rings. The maximum Gasteiger partial charge on any atom is 0.321 e. The molecule has 7 heteroatoms. The van der Waals surface area contributed by atoms with Crippen LogP contribution >= 0.6 is 11.3 Å². The van der Waals surface area contributed by atoms with E-state index in [1.54, 1.807) is 26.5 Å². The zero-order valence-electron chi connectivity index (χ0n) is 13.7. The molecule has 0 spiro atoms. The molecule has 0 saturated heterocycles. The summed E-state index contributed by atoms with van der Waals surface area (Å²) in [4.78, 5) is 18.7. The first-order chi connectivity index (χ1) is 11.0. The summed E-state index contributed by atoms with van der Waals surface area (Å²) in [5, 5.41) is 0.594. The lowest BCUT2D eigenvalue weighted by Crippen LogP contribution is -2.35. The molecule has 2 N–H and O–H groups in total. The molecule has 0 aliphatic carbocycles. The van der Waals surface area contributed by atoms with E-state index in [2.05, 4.69) is 18.8 Å². The molecule has 0 aliphatic rings. The molecule has 2 amide bonds. The zero-order valence-corrected chi connectivity index (χ0v) is 14.5. The summed E-state index contributed by atoms with van der Waals surface area (Å²) in [6.45, 7) is 4.49. The number of methoxy groups -OCH3 is 2. The van der Waals surface area contributed by atoms with Gasteiger partial charge in [-0.3, -0.25) is 4.90 Å². The molecule has 0 aliphatic heterocycles. The molecule has 0 atom stereocenters. The van der Waals surface area contributed by atoms with Gasteiger partial charge in [0.1, 0.15) is 0 Å². The Morgan fingerprint density at radius 2 is 2.00 bits per heavy atom. The lowest BCUT2D eigenvalue weighted by molar-refractivity contribution is 0.253. The van der Waals surface area contributed by atoms with Crippen molar-refractivity contribution in [3.05, 3.63) is 34.8 Å². The van der Waals surface area contributed by atoms with Gasteiger partial charge >= 0.3 is 6.03 Å². The second-order valence-corrected chi connectivity index (χ2v) is 6.35. The Morgan fingerprint density at radius 1 is 1.30 bits per heavy atom. The van der Waals surface area contributed by atoms with Crippen LogP contribution in [-0.4, -0.2) is 25.2 Å². The van der Waals surface area contributed by atoms with E-state index < -0.39 is 6.03 Å². The number of ether oxygens (including phenoxy) is 2. The topological polar surface area (TPSA) is 77.7 Å². The number of hydrogen-bond acceptors (Lipinski definition) is 5. The number of rotatable bonds is 6. The number of nitrogens with zero attached hydrogens (tertiary/aromatic N) is 2. The van der Waals surface area contributed by atoms with Crippen LogP contribution in [-0.2, 0) is 6.54 Å². The summed E-state index contributed by atoms with van der Waals surface area (Å²) in [5.74, 6) is 1.60. The van der Waals surface area contributed by atoms with Crippen molar-refractivity contribution in [2.45, 2.75) is 26.3 Å². The lowest BCUT2D eigenvalue weighted by Gasteiger charge is -2.18. The van der Waals surface area contributed by atoms with Crippen molar-refractivity contribution >= 4 is 22.5 Å². The Labute approximate surface area is 139 Å². The number of amides is 2. The van der Waals surface area contributed by atoms with Crippen LogP contribution in [0.4, 0.5) is 9.93 Å². The Hall–Kier alpha value is -2.28. The molecule has 1 aromatic carbocycles. The first-order valence-corrected chi connectivity index (χ1v) is 8.01. The van der Waals surface area contributed by atoms with Gasteiger partial charge in [-0.25, -0.2) is 9.78 Å². The smallest absolute Gasteiger partial charge is 0.321 e. The molecule has 0 radical (unpaired) electrons. The molecular weight excluding hydrogens is 314 g/mol. The fraction of sp³-hybridized carbons (Fsp3) is 0.375. The third-order valence-corrected chi connectivity index (χ3v) is 4.69. The number of primary amides is 1. The average molecular weight is 335 g/mol. The number of nitrogens with two attached hydrogens (primary N) is 1. The van der Waals surface area contributed by atoms with Crippen molar-refractivity contribution < 1.29 is 14.3 Å². The van der Waals surface area contributed by atoms with Gasteiger partial charge in [0.2, 0.25) is 0 Å². The average Bonchev–Trinajstić information content (AvgIpc) is 3.01. The van der Waals surface area contributed by atoms with Crippen LogP contribution in [0, 0.1) is 0 Å². The molecule has 2 rings (SSSR count). The molecule has 23 heavy (non-hydrogen) atoms. The van der Waals surface area contributed by atoms with E-state index in [-0.39, 0.29) is 0 Å². The monoisotopic (exact) mass is 335 g/mol. The minimum atomic E-state index is -0.538. The quantitative estimate of drug-likeness (QED) is 0.878. The Morgan fingerprint density at radius 3 is 2.52 bits per heavy atom. The predicted molar refractivity (Wildman–Crippen MR) is 91.5 cm³/mol. The van der Waals surface area contributed by atoms with E-state index in [1.807, 2.05) is 12.1 Å². The zero-order chi connectivity index (χ0) is 17.0. The maximum absolute atomic E-state index is 11.8. The summed E-state index contributed by atoms with van der Waals surface area (Å²) in [7, 11) is 3.15. The van der Waals surface area contributed by atoms with Gasteiger partial charge in [0, 0.05) is 11.1 Å². The predicted octanol–water partition coefficient (Wildman–Crippen LogP) is 3.37. The van der Waals surface area contributed by atoms with Crippen molar-refractivity contribution in [3.63, 3.8) is 0 Å². The summed E-state index contributed by atoms with van der Waals surface area (Å²) in [6, 6.07) is 4.96. The van der Waals surface area contributed by atoms with E-state index in [9.17, 15) is 4.79 Å². The molecule has 124 valence electrons. The first-order valence-electron chi connectivity index (χ1n) is 7.19. The number of anilines is 1. The minimum Gasteiger partial charge on any atom is -0.493 e. The van der Waals surface area contributed by atoms with Crippen LogP contribution in [0.5, 0.6) is 11.5 Å². The number of carbonyl (C=O) groups excluding carboxylic acids is 1. The largest absolute Gasteiger partial charge is 0.493 e. The van der Waals surface area contributed by atoms with Crippen LogP contribution in [0.3, 0.4) is 0 Å². The van der Waals surface area contributed by atoms with Gasteiger partial charge in [-0.1, -0.05) is 19.9 Å². The first kappa shape index (κ1) is 17.1. The fourth-order valence-corrected chi connectivity index (χ4v) is 2.99. The number of hydrogen-bond donors (Lipinski definition) is 1. The SMILES string of the molecule is COc1ccc(CN(C(N)=O)c2ncc(C(C)C)s2)cc1OC. The van der Waals surface area contributed by atoms with Gasteiger partial charge < -0.3 is 15.2 Å². The van der Waals surface area contributed by atoms with Crippen LogP contribution in [0.1, 0.15) is 30.2 Å². The molecule has 0 bridgehead atoms. The van der Waals surface area contributed by atoms with Gasteiger partial charge in [0.05, 0.1) is 20.8 Å². The summed E-state index contributed by atoms with van der Waals surface area (Å²) >= 11 is 1.47. The highest BCUT2D eigenvalue weighted by Crippen LogP contribution is 2.31. The molecule has 0 saturated carbocycles. The molecular formula is C16H21N3O3S. The van der Waals surface area contributed by atoms with Crippen LogP contribution < -0.4 is 20.1 Å². The summed E-state index contributed by atoms with van der Waals surface area (Å²) in [5.41, 5.74) is 6.40. The highest BCUT2D eigenvalue weighted by molar-refractivity contribution is 7.15. The second kappa shape index (κ2) is 7.32.